The summed E-state index contributed by atoms with van der Waals surface area (Å²) in [6.07, 6.45) is 6.86. The van der Waals surface area contributed by atoms with Crippen LogP contribution in [0.1, 0.15) is 19.3 Å². The molecular weight excluding hydrogens is 214 g/mol. The molecule has 1 saturated heterocycles. The van der Waals surface area contributed by atoms with Crippen molar-refractivity contribution >= 4 is 17.4 Å². The van der Waals surface area contributed by atoms with Crippen LogP contribution in [0.4, 0.5) is 5.82 Å². The molecule has 1 aliphatic heterocycles. The topological polar surface area (TPSA) is 47.0 Å². The Kier molecular flexibility index (Phi) is 3.75. The third-order valence-electron chi connectivity index (χ3n) is 2.44. The largest absolute Gasteiger partial charge is 0.376 e. The van der Waals surface area contributed by atoms with E-state index in [1.54, 1.807) is 6.20 Å². The van der Waals surface area contributed by atoms with Crippen LogP contribution in [0.15, 0.2) is 12.5 Å². The van der Waals surface area contributed by atoms with Gasteiger partial charge in [-0.1, -0.05) is 11.6 Å². The smallest absolute Gasteiger partial charge is 0.148 e. The fraction of sp³-hybridized carbons (Fsp3) is 0.600. The standard InChI is InChI=1S/C10H14ClN3O/c11-9-6-12-7-14-10(9)13-5-8-3-1-2-4-15-8/h6-8H,1-5H2,(H,12,13,14). The van der Waals surface area contributed by atoms with Crippen molar-refractivity contribution < 1.29 is 4.74 Å². The molecular formula is C10H14ClN3O. The Morgan fingerprint density at radius 2 is 2.47 bits per heavy atom. The molecule has 0 spiro atoms. The van der Waals surface area contributed by atoms with Gasteiger partial charge in [-0.3, -0.25) is 0 Å². The van der Waals surface area contributed by atoms with Crippen LogP contribution in [-0.2, 0) is 4.74 Å². The van der Waals surface area contributed by atoms with Crippen molar-refractivity contribution in [3.05, 3.63) is 17.5 Å². The van der Waals surface area contributed by atoms with E-state index in [0.717, 1.165) is 19.6 Å². The quantitative estimate of drug-likeness (QED) is 0.859. The molecule has 0 amide bonds. The number of rotatable bonds is 3. The van der Waals surface area contributed by atoms with Gasteiger partial charge in [0, 0.05) is 13.2 Å². The molecule has 0 saturated carbocycles. The van der Waals surface area contributed by atoms with Crippen molar-refractivity contribution in [3.63, 3.8) is 0 Å². The number of halogens is 1. The van der Waals surface area contributed by atoms with E-state index >= 15 is 0 Å². The van der Waals surface area contributed by atoms with Gasteiger partial charge in [0.15, 0.2) is 0 Å². The fourth-order valence-corrected chi connectivity index (χ4v) is 1.79. The Hall–Kier alpha value is -0.870. The maximum absolute atomic E-state index is 5.91. The first-order chi connectivity index (χ1) is 7.36. The lowest BCUT2D eigenvalue weighted by molar-refractivity contribution is 0.0247. The maximum atomic E-state index is 5.91. The Balaban J connectivity index is 1.84. The number of aromatic nitrogens is 2. The first kappa shape index (κ1) is 10.6. The van der Waals surface area contributed by atoms with Gasteiger partial charge in [-0.2, -0.15) is 0 Å². The first-order valence-electron chi connectivity index (χ1n) is 5.17. The highest BCUT2D eigenvalue weighted by atomic mass is 35.5. The van der Waals surface area contributed by atoms with Crippen molar-refractivity contribution in [2.75, 3.05) is 18.5 Å². The van der Waals surface area contributed by atoms with Crippen LogP contribution in [0, 0.1) is 0 Å². The first-order valence-corrected chi connectivity index (χ1v) is 5.55. The highest BCUT2D eigenvalue weighted by Crippen LogP contribution is 2.18. The van der Waals surface area contributed by atoms with Crippen LogP contribution in [0.25, 0.3) is 0 Å². The molecule has 0 aromatic carbocycles. The Labute approximate surface area is 94.0 Å². The molecule has 1 unspecified atom stereocenters. The molecule has 82 valence electrons. The summed E-state index contributed by atoms with van der Waals surface area (Å²) in [6, 6.07) is 0. The van der Waals surface area contributed by atoms with E-state index < -0.39 is 0 Å². The second-order valence-electron chi connectivity index (χ2n) is 3.59. The summed E-state index contributed by atoms with van der Waals surface area (Å²) in [5.74, 6) is 0.681. The third-order valence-corrected chi connectivity index (χ3v) is 2.72. The van der Waals surface area contributed by atoms with E-state index in [-0.39, 0.29) is 6.10 Å². The van der Waals surface area contributed by atoms with E-state index in [2.05, 4.69) is 15.3 Å². The highest BCUT2D eigenvalue weighted by Gasteiger charge is 2.13. The minimum atomic E-state index is 0.282. The number of nitrogens with zero attached hydrogens (tertiary/aromatic N) is 2. The third kappa shape index (κ3) is 3.04. The van der Waals surface area contributed by atoms with E-state index in [4.69, 9.17) is 16.3 Å². The van der Waals surface area contributed by atoms with Crippen LogP contribution in [0.5, 0.6) is 0 Å². The molecule has 2 heterocycles. The van der Waals surface area contributed by atoms with E-state index in [9.17, 15) is 0 Å². The molecule has 1 N–H and O–H groups in total. The van der Waals surface area contributed by atoms with Crippen molar-refractivity contribution in [1.29, 1.82) is 0 Å². The van der Waals surface area contributed by atoms with Gasteiger partial charge in [-0.15, -0.1) is 0 Å². The molecule has 2 rings (SSSR count). The second-order valence-corrected chi connectivity index (χ2v) is 4.00. The summed E-state index contributed by atoms with van der Waals surface area (Å²) in [6.45, 7) is 1.63. The predicted molar refractivity (Wildman–Crippen MR) is 59.1 cm³/mol. The van der Waals surface area contributed by atoms with Gasteiger partial charge in [0.25, 0.3) is 0 Å². The van der Waals surface area contributed by atoms with Gasteiger partial charge < -0.3 is 10.1 Å². The summed E-state index contributed by atoms with van der Waals surface area (Å²) in [5.41, 5.74) is 0. The summed E-state index contributed by atoms with van der Waals surface area (Å²) in [5, 5.41) is 3.72. The van der Waals surface area contributed by atoms with Crippen molar-refractivity contribution in [2.45, 2.75) is 25.4 Å². The number of anilines is 1. The monoisotopic (exact) mass is 227 g/mol. The maximum Gasteiger partial charge on any atom is 0.148 e. The zero-order valence-electron chi connectivity index (χ0n) is 8.45. The SMILES string of the molecule is Clc1cncnc1NCC1CCCCO1. The summed E-state index contributed by atoms with van der Waals surface area (Å²) in [7, 11) is 0. The lowest BCUT2D eigenvalue weighted by Gasteiger charge is -2.23. The lowest BCUT2D eigenvalue weighted by Crippen LogP contribution is -2.27. The Morgan fingerprint density at radius 1 is 1.53 bits per heavy atom. The highest BCUT2D eigenvalue weighted by molar-refractivity contribution is 6.32. The summed E-state index contributed by atoms with van der Waals surface area (Å²) in [4.78, 5) is 7.88. The van der Waals surface area contributed by atoms with Gasteiger partial charge in [0.1, 0.15) is 17.2 Å². The van der Waals surface area contributed by atoms with Crippen LogP contribution in [-0.4, -0.2) is 29.2 Å². The summed E-state index contributed by atoms with van der Waals surface area (Å²) >= 11 is 5.91. The van der Waals surface area contributed by atoms with E-state index in [1.165, 1.54) is 19.2 Å². The predicted octanol–water partition coefficient (Wildman–Crippen LogP) is 2.11. The van der Waals surface area contributed by atoms with Crippen molar-refractivity contribution in [2.24, 2.45) is 0 Å². The summed E-state index contributed by atoms with van der Waals surface area (Å²) < 4.78 is 5.59. The molecule has 1 aliphatic rings. The molecule has 4 nitrogen and oxygen atoms in total. The molecule has 0 bridgehead atoms. The van der Waals surface area contributed by atoms with Gasteiger partial charge in [-0.25, -0.2) is 9.97 Å². The average Bonchev–Trinajstić information content (AvgIpc) is 2.29. The molecule has 5 heteroatoms. The van der Waals surface area contributed by atoms with Gasteiger partial charge in [0.2, 0.25) is 0 Å². The Bertz CT molecular complexity index is 315. The fourth-order valence-electron chi connectivity index (χ4n) is 1.62. The number of hydrogen-bond acceptors (Lipinski definition) is 4. The minimum absolute atomic E-state index is 0.282. The van der Waals surface area contributed by atoms with Gasteiger partial charge >= 0.3 is 0 Å². The number of ether oxygens (including phenoxy) is 1. The molecule has 0 aliphatic carbocycles. The van der Waals surface area contributed by atoms with Crippen LogP contribution < -0.4 is 5.32 Å². The zero-order valence-corrected chi connectivity index (χ0v) is 9.20. The van der Waals surface area contributed by atoms with Crippen molar-refractivity contribution in [3.8, 4) is 0 Å². The molecule has 1 aromatic heterocycles. The molecule has 0 radical (unpaired) electrons. The second kappa shape index (κ2) is 5.28. The van der Waals surface area contributed by atoms with Gasteiger partial charge in [0.05, 0.1) is 12.3 Å². The molecule has 15 heavy (non-hydrogen) atoms. The van der Waals surface area contributed by atoms with Crippen LogP contribution in [0.2, 0.25) is 5.02 Å². The Morgan fingerprint density at radius 3 is 3.20 bits per heavy atom. The number of hydrogen-bond donors (Lipinski definition) is 1. The normalized spacial score (nSPS) is 21.3. The van der Waals surface area contributed by atoms with Gasteiger partial charge in [-0.05, 0) is 19.3 Å². The molecule has 1 fully saturated rings. The van der Waals surface area contributed by atoms with Crippen LogP contribution >= 0.6 is 11.6 Å². The van der Waals surface area contributed by atoms with E-state index in [1.807, 2.05) is 0 Å². The van der Waals surface area contributed by atoms with E-state index in [0.29, 0.717) is 10.8 Å². The molecule has 1 atom stereocenters. The zero-order chi connectivity index (χ0) is 10.5. The minimum Gasteiger partial charge on any atom is -0.376 e. The average molecular weight is 228 g/mol. The number of nitrogens with one attached hydrogen (secondary N) is 1. The molecule has 1 aromatic rings. The van der Waals surface area contributed by atoms with Crippen molar-refractivity contribution in [1.82, 2.24) is 9.97 Å². The lowest BCUT2D eigenvalue weighted by atomic mass is 10.1. The van der Waals surface area contributed by atoms with Crippen LogP contribution in [0.3, 0.4) is 0 Å².